The molecule has 1 heterocycles. The number of anilines is 1. The molecule has 0 aliphatic carbocycles. The number of hydrogen-bond donors (Lipinski definition) is 1. The van der Waals surface area contributed by atoms with Crippen molar-refractivity contribution in [3.63, 3.8) is 0 Å². The number of hydrogen-bond acceptors (Lipinski definition) is 3. The van der Waals surface area contributed by atoms with Gasteiger partial charge >= 0.3 is 0 Å². The van der Waals surface area contributed by atoms with Gasteiger partial charge in [0.2, 0.25) is 11.8 Å². The fraction of sp³-hybridized carbons (Fsp3) is 0.321. The average molecular weight is 492 g/mol. The van der Waals surface area contributed by atoms with Crippen molar-refractivity contribution in [1.29, 1.82) is 0 Å². The minimum atomic E-state index is -0.592. The fourth-order valence-electron chi connectivity index (χ4n) is 4.75. The molecule has 0 radical (unpaired) electrons. The Hall–Kier alpha value is -3.38. The largest absolute Gasteiger partial charge is 0.355 e. The van der Waals surface area contributed by atoms with Crippen LogP contribution in [0.25, 0.3) is 10.8 Å². The summed E-state index contributed by atoms with van der Waals surface area (Å²) in [5.74, 6) is -0.344. The highest BCUT2D eigenvalue weighted by molar-refractivity contribution is 6.31. The van der Waals surface area contributed by atoms with Crippen molar-refractivity contribution >= 4 is 45.8 Å². The second-order valence-electron chi connectivity index (χ2n) is 8.67. The van der Waals surface area contributed by atoms with Crippen LogP contribution in [0.15, 0.2) is 60.7 Å². The minimum Gasteiger partial charge on any atom is -0.355 e. The lowest BCUT2D eigenvalue weighted by Crippen LogP contribution is -2.49. The van der Waals surface area contributed by atoms with E-state index in [4.69, 9.17) is 11.6 Å². The molecule has 1 aliphatic rings. The predicted octanol–water partition coefficient (Wildman–Crippen LogP) is 5.18. The molecule has 1 aliphatic heterocycles. The highest BCUT2D eigenvalue weighted by Crippen LogP contribution is 2.37. The molecule has 0 spiro atoms. The molecule has 0 fully saturated rings. The minimum absolute atomic E-state index is 0.0362. The summed E-state index contributed by atoms with van der Waals surface area (Å²) in [6, 6.07) is 18.4. The first-order valence-corrected chi connectivity index (χ1v) is 12.5. The SMILES string of the molecule is CCNC(=O)C(CC)N(Cc1ccccc1Cl)C(=O)CCCN1C(=O)c2cccc3cccc1c23. The van der Waals surface area contributed by atoms with Crippen molar-refractivity contribution < 1.29 is 14.4 Å². The van der Waals surface area contributed by atoms with Gasteiger partial charge in [0, 0.05) is 42.0 Å². The number of likely N-dealkylation sites (N-methyl/N-ethyl adjacent to an activating group) is 1. The summed E-state index contributed by atoms with van der Waals surface area (Å²) in [6.45, 7) is 4.93. The molecule has 4 rings (SSSR count). The molecule has 3 aromatic carbocycles. The van der Waals surface area contributed by atoms with Gasteiger partial charge < -0.3 is 15.1 Å². The summed E-state index contributed by atoms with van der Waals surface area (Å²) < 4.78 is 0. The maximum absolute atomic E-state index is 13.4. The van der Waals surface area contributed by atoms with Crippen molar-refractivity contribution in [2.75, 3.05) is 18.0 Å². The monoisotopic (exact) mass is 491 g/mol. The number of nitrogens with one attached hydrogen (secondary N) is 1. The molecule has 1 unspecified atom stereocenters. The molecule has 182 valence electrons. The summed E-state index contributed by atoms with van der Waals surface area (Å²) in [6.07, 6.45) is 1.19. The zero-order chi connectivity index (χ0) is 24.9. The van der Waals surface area contributed by atoms with Gasteiger partial charge in [-0.1, -0.05) is 61.0 Å². The third kappa shape index (κ3) is 5.03. The maximum atomic E-state index is 13.4. The predicted molar refractivity (Wildman–Crippen MR) is 140 cm³/mol. The fourth-order valence-corrected chi connectivity index (χ4v) is 4.95. The zero-order valence-electron chi connectivity index (χ0n) is 20.1. The van der Waals surface area contributed by atoms with Crippen LogP contribution < -0.4 is 10.2 Å². The third-order valence-corrected chi connectivity index (χ3v) is 6.83. The van der Waals surface area contributed by atoms with E-state index in [0.29, 0.717) is 36.5 Å². The smallest absolute Gasteiger partial charge is 0.258 e. The Balaban J connectivity index is 1.49. The Morgan fingerprint density at radius 1 is 1.03 bits per heavy atom. The quantitative estimate of drug-likeness (QED) is 0.425. The van der Waals surface area contributed by atoms with Gasteiger partial charge in [-0.2, -0.15) is 0 Å². The van der Waals surface area contributed by atoms with Gasteiger partial charge in [0.25, 0.3) is 5.91 Å². The van der Waals surface area contributed by atoms with Crippen LogP contribution in [-0.4, -0.2) is 41.8 Å². The number of carbonyl (C=O) groups excluding carboxylic acids is 3. The molecule has 7 heteroatoms. The van der Waals surface area contributed by atoms with Crippen molar-refractivity contribution in [1.82, 2.24) is 10.2 Å². The van der Waals surface area contributed by atoms with E-state index in [1.54, 1.807) is 15.9 Å². The van der Waals surface area contributed by atoms with Gasteiger partial charge in [-0.25, -0.2) is 0 Å². The molecular formula is C28H30ClN3O3. The molecule has 0 saturated carbocycles. The number of carbonyl (C=O) groups is 3. The molecule has 0 aromatic heterocycles. The average Bonchev–Trinajstić information content (AvgIpc) is 3.13. The Morgan fingerprint density at radius 3 is 2.49 bits per heavy atom. The summed E-state index contributed by atoms with van der Waals surface area (Å²) in [5.41, 5.74) is 2.38. The van der Waals surface area contributed by atoms with Gasteiger partial charge in [0.1, 0.15) is 6.04 Å². The lowest BCUT2D eigenvalue weighted by Gasteiger charge is -2.31. The second kappa shape index (κ2) is 10.9. The highest BCUT2D eigenvalue weighted by Gasteiger charge is 2.31. The van der Waals surface area contributed by atoms with Gasteiger partial charge in [-0.3, -0.25) is 14.4 Å². The summed E-state index contributed by atoms with van der Waals surface area (Å²) in [7, 11) is 0. The normalized spacial score (nSPS) is 13.2. The molecule has 35 heavy (non-hydrogen) atoms. The van der Waals surface area contributed by atoms with Crippen molar-refractivity contribution in [3.8, 4) is 0 Å². The van der Waals surface area contributed by atoms with E-state index >= 15 is 0 Å². The topological polar surface area (TPSA) is 69.7 Å². The van der Waals surface area contributed by atoms with Crippen molar-refractivity contribution in [2.45, 2.75) is 45.7 Å². The molecule has 3 amide bonds. The standard InChI is InChI=1S/C28H30ClN3O3/c1-3-23(27(34)30-4-2)32(18-20-10-5-6-14-22(20)29)25(33)16-9-17-31-24-15-8-12-19-11-7-13-21(26(19)24)28(31)35/h5-8,10-15,23H,3-4,9,16-18H2,1-2H3,(H,30,34). The van der Waals surface area contributed by atoms with Gasteiger partial charge in [0.15, 0.2) is 0 Å². The number of nitrogens with zero attached hydrogens (tertiary/aromatic N) is 2. The van der Waals surface area contributed by atoms with Crippen LogP contribution in [0.3, 0.4) is 0 Å². The van der Waals surface area contributed by atoms with Crippen molar-refractivity contribution in [3.05, 3.63) is 76.8 Å². The van der Waals surface area contributed by atoms with Gasteiger partial charge in [-0.15, -0.1) is 0 Å². The Bertz CT molecular complexity index is 1250. The Kier molecular flexibility index (Phi) is 7.71. The van der Waals surface area contributed by atoms with Crippen LogP contribution in [0.5, 0.6) is 0 Å². The van der Waals surface area contributed by atoms with Crippen LogP contribution in [0.2, 0.25) is 5.02 Å². The lowest BCUT2D eigenvalue weighted by atomic mass is 10.1. The Morgan fingerprint density at radius 2 is 1.77 bits per heavy atom. The van der Waals surface area contributed by atoms with E-state index in [9.17, 15) is 14.4 Å². The molecule has 3 aromatic rings. The lowest BCUT2D eigenvalue weighted by molar-refractivity contribution is -0.141. The summed E-state index contributed by atoms with van der Waals surface area (Å²) in [5, 5.41) is 5.40. The molecule has 6 nitrogen and oxygen atoms in total. The van der Waals surface area contributed by atoms with E-state index in [-0.39, 0.29) is 30.7 Å². The van der Waals surface area contributed by atoms with E-state index in [0.717, 1.165) is 22.0 Å². The van der Waals surface area contributed by atoms with E-state index in [1.807, 2.05) is 68.4 Å². The number of benzene rings is 3. The summed E-state index contributed by atoms with van der Waals surface area (Å²) >= 11 is 6.37. The second-order valence-corrected chi connectivity index (χ2v) is 9.08. The molecule has 1 N–H and O–H groups in total. The van der Waals surface area contributed by atoms with E-state index in [1.165, 1.54) is 0 Å². The first-order chi connectivity index (χ1) is 17.0. The van der Waals surface area contributed by atoms with Crippen LogP contribution >= 0.6 is 11.6 Å². The van der Waals surface area contributed by atoms with Gasteiger partial charge in [-0.05, 0) is 48.9 Å². The van der Waals surface area contributed by atoms with Gasteiger partial charge in [0.05, 0.1) is 5.69 Å². The van der Waals surface area contributed by atoms with E-state index < -0.39 is 6.04 Å². The van der Waals surface area contributed by atoms with Crippen LogP contribution in [0.1, 0.15) is 49.0 Å². The summed E-state index contributed by atoms with van der Waals surface area (Å²) in [4.78, 5) is 42.6. The molecule has 0 bridgehead atoms. The van der Waals surface area contributed by atoms with Crippen LogP contribution in [0, 0.1) is 0 Å². The maximum Gasteiger partial charge on any atom is 0.258 e. The molecule has 0 saturated heterocycles. The number of halogens is 1. The number of amides is 3. The van der Waals surface area contributed by atoms with Crippen LogP contribution in [0.4, 0.5) is 5.69 Å². The Labute approximate surface area is 210 Å². The third-order valence-electron chi connectivity index (χ3n) is 6.46. The first-order valence-electron chi connectivity index (χ1n) is 12.1. The zero-order valence-corrected chi connectivity index (χ0v) is 20.8. The number of rotatable bonds is 10. The van der Waals surface area contributed by atoms with Crippen LogP contribution in [-0.2, 0) is 16.1 Å². The highest BCUT2D eigenvalue weighted by atomic mass is 35.5. The first kappa shape index (κ1) is 24.7. The van der Waals surface area contributed by atoms with E-state index in [2.05, 4.69) is 5.32 Å². The molecular weight excluding hydrogens is 462 g/mol. The van der Waals surface area contributed by atoms with Crippen molar-refractivity contribution in [2.24, 2.45) is 0 Å². The molecule has 1 atom stereocenters.